The zero-order valence-corrected chi connectivity index (χ0v) is 23.5. The predicted octanol–water partition coefficient (Wildman–Crippen LogP) is 6.46. The van der Waals surface area contributed by atoms with Gasteiger partial charge >= 0.3 is 5.97 Å². The molecule has 1 saturated heterocycles. The molecule has 2 N–H and O–H groups in total. The van der Waals surface area contributed by atoms with E-state index in [0.29, 0.717) is 5.11 Å². The standard InChI is InChI=1S/C31H32N4O3S/c1-18(2)38-24-13-11-23(12-14-24)35-29(28(33-31(35)39)26-8-6-7-15-32-26)25-16-20(4)34(21(25)5)27-17-22(30(36)37)10-9-19(27)3/h6-18,28-29H,1-5H3,(H,33,39)(H,36,37)/t28-,29-/m1/s1. The Morgan fingerprint density at radius 3 is 2.44 bits per heavy atom. The highest BCUT2D eigenvalue weighted by Gasteiger charge is 2.42. The number of carbonyl (C=O) groups is 1. The average Bonchev–Trinajstić information content (AvgIpc) is 3.40. The molecular formula is C31H32N4O3S. The Bertz CT molecular complexity index is 1530. The molecule has 0 amide bonds. The number of rotatable bonds is 7. The van der Waals surface area contributed by atoms with Crippen LogP contribution in [-0.4, -0.2) is 31.8 Å². The molecule has 39 heavy (non-hydrogen) atoms. The van der Waals surface area contributed by atoms with Gasteiger partial charge in [-0.1, -0.05) is 12.1 Å². The maximum Gasteiger partial charge on any atom is 0.335 e. The average molecular weight is 541 g/mol. The highest BCUT2D eigenvalue weighted by atomic mass is 32.1. The van der Waals surface area contributed by atoms with Gasteiger partial charge in [0.05, 0.1) is 29.4 Å². The number of aromatic nitrogens is 2. The second-order valence-electron chi connectivity index (χ2n) is 10.1. The number of carboxylic acid groups (broad SMARTS) is 1. The van der Waals surface area contributed by atoms with Gasteiger partial charge in [-0.25, -0.2) is 4.79 Å². The molecule has 0 unspecified atom stereocenters. The lowest BCUT2D eigenvalue weighted by Crippen LogP contribution is -2.29. The first-order chi connectivity index (χ1) is 18.7. The monoisotopic (exact) mass is 540 g/mol. The molecule has 1 fully saturated rings. The summed E-state index contributed by atoms with van der Waals surface area (Å²) < 4.78 is 7.99. The third kappa shape index (κ3) is 5.00. The summed E-state index contributed by atoms with van der Waals surface area (Å²) in [6, 6.07) is 20.9. The lowest BCUT2D eigenvalue weighted by Gasteiger charge is -2.28. The van der Waals surface area contributed by atoms with E-state index < -0.39 is 5.97 Å². The van der Waals surface area contributed by atoms with E-state index in [0.717, 1.165) is 45.3 Å². The highest BCUT2D eigenvalue weighted by molar-refractivity contribution is 7.80. The van der Waals surface area contributed by atoms with Gasteiger partial charge in [-0.3, -0.25) is 4.98 Å². The van der Waals surface area contributed by atoms with Gasteiger partial charge in [-0.2, -0.15) is 0 Å². The minimum Gasteiger partial charge on any atom is -0.491 e. The van der Waals surface area contributed by atoms with E-state index in [4.69, 9.17) is 17.0 Å². The summed E-state index contributed by atoms with van der Waals surface area (Å²) in [5, 5.41) is 13.8. The third-order valence-corrected chi connectivity index (χ3v) is 7.39. The van der Waals surface area contributed by atoms with Crippen LogP contribution in [0.1, 0.15) is 64.5 Å². The van der Waals surface area contributed by atoms with Gasteiger partial charge in [0.2, 0.25) is 0 Å². The van der Waals surface area contributed by atoms with Crippen molar-refractivity contribution in [2.75, 3.05) is 4.90 Å². The highest BCUT2D eigenvalue weighted by Crippen LogP contribution is 2.44. The number of nitrogens with zero attached hydrogens (tertiary/aromatic N) is 3. The van der Waals surface area contributed by atoms with E-state index in [2.05, 4.69) is 32.8 Å². The topological polar surface area (TPSA) is 79.6 Å². The van der Waals surface area contributed by atoms with Crippen LogP contribution in [-0.2, 0) is 0 Å². The second-order valence-corrected chi connectivity index (χ2v) is 10.5. The summed E-state index contributed by atoms with van der Waals surface area (Å²) in [4.78, 5) is 18.6. The number of aromatic carboxylic acids is 1. The van der Waals surface area contributed by atoms with Crippen molar-refractivity contribution in [3.05, 3.63) is 107 Å². The molecule has 8 heteroatoms. The van der Waals surface area contributed by atoms with Crippen molar-refractivity contribution in [2.45, 2.75) is 52.8 Å². The predicted molar refractivity (Wildman–Crippen MR) is 157 cm³/mol. The van der Waals surface area contributed by atoms with Crippen molar-refractivity contribution in [1.29, 1.82) is 0 Å². The maximum absolute atomic E-state index is 11.7. The van der Waals surface area contributed by atoms with Crippen molar-refractivity contribution in [3.63, 3.8) is 0 Å². The van der Waals surface area contributed by atoms with Crippen molar-refractivity contribution in [1.82, 2.24) is 14.9 Å². The van der Waals surface area contributed by atoms with E-state index in [1.807, 2.05) is 76.2 Å². The second kappa shape index (κ2) is 10.5. The molecule has 7 nitrogen and oxygen atoms in total. The summed E-state index contributed by atoms with van der Waals surface area (Å²) in [7, 11) is 0. The lowest BCUT2D eigenvalue weighted by molar-refractivity contribution is 0.0697. The Labute approximate surface area is 234 Å². The maximum atomic E-state index is 11.7. The van der Waals surface area contributed by atoms with Crippen LogP contribution >= 0.6 is 12.2 Å². The number of hydrogen-bond acceptors (Lipinski definition) is 4. The van der Waals surface area contributed by atoms with Gasteiger partial charge in [0.1, 0.15) is 5.75 Å². The van der Waals surface area contributed by atoms with E-state index in [1.54, 1.807) is 18.3 Å². The minimum absolute atomic E-state index is 0.0835. The Morgan fingerprint density at radius 1 is 1.05 bits per heavy atom. The lowest BCUT2D eigenvalue weighted by atomic mass is 9.96. The number of aryl methyl sites for hydroxylation is 2. The van der Waals surface area contributed by atoms with Gasteiger partial charge in [0.25, 0.3) is 0 Å². The smallest absolute Gasteiger partial charge is 0.335 e. The van der Waals surface area contributed by atoms with Gasteiger partial charge in [-0.05, 0) is 113 Å². The molecule has 2 aromatic carbocycles. The summed E-state index contributed by atoms with van der Waals surface area (Å²) in [6.07, 6.45) is 1.88. The van der Waals surface area contributed by atoms with E-state index in [1.165, 1.54) is 0 Å². The molecule has 1 aliphatic heterocycles. The van der Waals surface area contributed by atoms with Crippen LogP contribution in [0, 0.1) is 20.8 Å². The van der Waals surface area contributed by atoms with Gasteiger partial charge < -0.3 is 24.6 Å². The van der Waals surface area contributed by atoms with E-state index in [9.17, 15) is 9.90 Å². The SMILES string of the molecule is Cc1ccc(C(=O)O)cc1-n1c(C)cc([C@@H]2[C@@H](c3ccccn3)NC(=S)N2c2ccc(OC(C)C)cc2)c1C. The summed E-state index contributed by atoms with van der Waals surface area (Å²) in [6.45, 7) is 10.1. The number of carboxylic acids is 1. The molecule has 0 radical (unpaired) electrons. The zero-order chi connectivity index (χ0) is 27.8. The van der Waals surface area contributed by atoms with Crippen LogP contribution in [0.4, 0.5) is 5.69 Å². The fourth-order valence-corrected chi connectivity index (χ4v) is 5.69. The largest absolute Gasteiger partial charge is 0.491 e. The Balaban J connectivity index is 1.65. The number of thiocarbonyl (C=S) groups is 1. The van der Waals surface area contributed by atoms with Crippen LogP contribution in [0.5, 0.6) is 5.75 Å². The number of hydrogen-bond donors (Lipinski definition) is 2. The first-order valence-electron chi connectivity index (χ1n) is 13.0. The van der Waals surface area contributed by atoms with E-state index >= 15 is 0 Å². The summed E-state index contributed by atoms with van der Waals surface area (Å²) in [5.74, 6) is -0.146. The van der Waals surface area contributed by atoms with Crippen LogP contribution in [0.25, 0.3) is 5.69 Å². The molecular weight excluding hydrogens is 508 g/mol. The minimum atomic E-state index is -0.949. The van der Waals surface area contributed by atoms with E-state index in [-0.39, 0.29) is 23.8 Å². The van der Waals surface area contributed by atoms with Gasteiger partial charge in [-0.15, -0.1) is 0 Å². The van der Waals surface area contributed by atoms with Crippen molar-refractivity contribution in [3.8, 4) is 11.4 Å². The quantitative estimate of drug-likeness (QED) is 0.261. The van der Waals surface area contributed by atoms with Crippen LogP contribution in [0.15, 0.2) is 72.9 Å². The van der Waals surface area contributed by atoms with Crippen LogP contribution in [0.2, 0.25) is 0 Å². The Kier molecular flexibility index (Phi) is 7.14. The summed E-state index contributed by atoms with van der Waals surface area (Å²) in [5.41, 5.74) is 7.03. The van der Waals surface area contributed by atoms with Gasteiger partial charge in [0, 0.05) is 29.0 Å². The Morgan fingerprint density at radius 2 is 1.79 bits per heavy atom. The first-order valence-corrected chi connectivity index (χ1v) is 13.4. The number of anilines is 1. The van der Waals surface area contributed by atoms with Crippen molar-refractivity contribution >= 4 is 29.0 Å². The normalized spacial score (nSPS) is 17.0. The van der Waals surface area contributed by atoms with Crippen molar-refractivity contribution in [2.24, 2.45) is 0 Å². The molecule has 2 atom stereocenters. The zero-order valence-electron chi connectivity index (χ0n) is 22.7. The molecule has 1 aliphatic rings. The first kappa shape index (κ1) is 26.4. The molecule has 4 aromatic rings. The number of pyridine rings is 1. The molecule has 2 aromatic heterocycles. The fraction of sp³-hybridized carbons (Fsp3) is 0.258. The van der Waals surface area contributed by atoms with Crippen molar-refractivity contribution < 1.29 is 14.6 Å². The Hall–Kier alpha value is -4.17. The van der Waals surface area contributed by atoms with Crippen LogP contribution < -0.4 is 15.0 Å². The fourth-order valence-electron chi connectivity index (χ4n) is 5.35. The molecule has 200 valence electrons. The molecule has 0 saturated carbocycles. The number of nitrogens with one attached hydrogen (secondary N) is 1. The van der Waals surface area contributed by atoms with Crippen LogP contribution in [0.3, 0.4) is 0 Å². The molecule has 0 bridgehead atoms. The third-order valence-electron chi connectivity index (χ3n) is 7.07. The summed E-state index contributed by atoms with van der Waals surface area (Å²) >= 11 is 5.91. The molecule has 0 aliphatic carbocycles. The van der Waals surface area contributed by atoms with Gasteiger partial charge in [0.15, 0.2) is 5.11 Å². The molecule has 3 heterocycles. The molecule has 5 rings (SSSR count). The number of benzene rings is 2. The number of ether oxygens (including phenoxy) is 1. The molecule has 0 spiro atoms.